The summed E-state index contributed by atoms with van der Waals surface area (Å²) in [4.78, 5) is 2.27. The van der Waals surface area contributed by atoms with Crippen molar-refractivity contribution < 1.29 is 0 Å². The van der Waals surface area contributed by atoms with E-state index in [0.717, 1.165) is 31.3 Å². The van der Waals surface area contributed by atoms with E-state index < -0.39 is 0 Å². The lowest BCUT2D eigenvalue weighted by Crippen LogP contribution is -2.43. The minimum Gasteiger partial charge on any atom is -0.380 e. The molecule has 0 aliphatic carbocycles. The molecular formula is C17H24N4S. The third kappa shape index (κ3) is 3.42. The second kappa shape index (κ2) is 6.67. The Balaban J connectivity index is 1.66. The zero-order valence-electron chi connectivity index (χ0n) is 13.2. The van der Waals surface area contributed by atoms with E-state index in [-0.39, 0.29) is 0 Å². The fourth-order valence-corrected chi connectivity index (χ4v) is 3.26. The van der Waals surface area contributed by atoms with E-state index in [0.29, 0.717) is 12.0 Å². The van der Waals surface area contributed by atoms with E-state index in [1.807, 2.05) is 0 Å². The number of rotatable bonds is 1. The van der Waals surface area contributed by atoms with Gasteiger partial charge in [0, 0.05) is 43.1 Å². The number of nitrogens with one attached hydrogen (secondary N) is 3. The summed E-state index contributed by atoms with van der Waals surface area (Å²) in [5.41, 5.74) is 3.71. The van der Waals surface area contributed by atoms with Crippen LogP contribution >= 0.6 is 12.2 Å². The van der Waals surface area contributed by atoms with Crippen molar-refractivity contribution in [3.8, 4) is 0 Å². The molecule has 0 aromatic heterocycles. The van der Waals surface area contributed by atoms with Gasteiger partial charge in [-0.05, 0) is 43.2 Å². The number of benzene rings is 1. The fourth-order valence-electron chi connectivity index (χ4n) is 3.05. The van der Waals surface area contributed by atoms with Crippen LogP contribution in [0.2, 0.25) is 0 Å². The van der Waals surface area contributed by atoms with Gasteiger partial charge in [-0.25, -0.2) is 0 Å². The van der Waals surface area contributed by atoms with E-state index in [1.54, 1.807) is 0 Å². The number of thiocarbonyl (C=S) groups is 1. The first-order chi connectivity index (χ1) is 10.6. The van der Waals surface area contributed by atoms with Crippen LogP contribution in [-0.4, -0.2) is 42.2 Å². The molecule has 0 bridgehead atoms. The first-order valence-electron chi connectivity index (χ1n) is 7.94. The van der Waals surface area contributed by atoms with Crippen LogP contribution in [0.3, 0.4) is 0 Å². The Morgan fingerprint density at radius 1 is 1.32 bits per heavy atom. The Morgan fingerprint density at radius 2 is 2.14 bits per heavy atom. The maximum atomic E-state index is 5.60. The first kappa shape index (κ1) is 15.3. The van der Waals surface area contributed by atoms with Crippen molar-refractivity contribution in [3.63, 3.8) is 0 Å². The second-order valence-corrected chi connectivity index (χ2v) is 6.72. The van der Waals surface area contributed by atoms with Gasteiger partial charge >= 0.3 is 0 Å². The number of fused-ring (bicyclic) bond motifs is 1. The second-order valence-electron chi connectivity index (χ2n) is 6.34. The number of hydrogen-bond acceptors (Lipinski definition) is 3. The molecule has 3 rings (SSSR count). The van der Waals surface area contributed by atoms with Crippen LogP contribution in [0.4, 0.5) is 5.69 Å². The Labute approximate surface area is 138 Å². The molecule has 22 heavy (non-hydrogen) atoms. The van der Waals surface area contributed by atoms with E-state index in [9.17, 15) is 0 Å². The summed E-state index contributed by atoms with van der Waals surface area (Å²) in [5, 5.41) is 11.1. The van der Waals surface area contributed by atoms with Crippen molar-refractivity contribution in [1.82, 2.24) is 15.5 Å². The molecule has 3 N–H and O–H groups in total. The summed E-state index contributed by atoms with van der Waals surface area (Å²) >= 11 is 5.60. The van der Waals surface area contributed by atoms with E-state index in [1.165, 1.54) is 16.8 Å². The maximum Gasteiger partial charge on any atom is 0.173 e. The molecule has 0 amide bonds. The quantitative estimate of drug-likeness (QED) is 0.693. The van der Waals surface area contributed by atoms with Gasteiger partial charge in [-0.15, -0.1) is 0 Å². The summed E-state index contributed by atoms with van der Waals surface area (Å²) in [6.45, 7) is 8.33. The molecule has 0 radical (unpaired) electrons. The molecule has 2 aliphatic heterocycles. The Kier molecular flexibility index (Phi) is 4.64. The molecule has 1 saturated heterocycles. The Morgan fingerprint density at radius 3 is 3.00 bits per heavy atom. The number of para-hydroxylation sites is 1. The topological polar surface area (TPSA) is 39.3 Å². The van der Waals surface area contributed by atoms with Crippen molar-refractivity contribution in [1.29, 1.82) is 0 Å². The lowest BCUT2D eigenvalue weighted by Gasteiger charge is -2.26. The summed E-state index contributed by atoms with van der Waals surface area (Å²) in [7, 11) is 0. The van der Waals surface area contributed by atoms with Crippen LogP contribution in [-0.2, 0) is 0 Å². The first-order valence-corrected chi connectivity index (χ1v) is 8.35. The summed E-state index contributed by atoms with van der Waals surface area (Å²) in [6.07, 6.45) is 2.05. The van der Waals surface area contributed by atoms with Crippen molar-refractivity contribution in [3.05, 3.63) is 36.0 Å². The summed E-state index contributed by atoms with van der Waals surface area (Å²) < 4.78 is 0. The van der Waals surface area contributed by atoms with Crippen molar-refractivity contribution in [2.75, 3.05) is 31.5 Å². The van der Waals surface area contributed by atoms with Gasteiger partial charge in [-0.3, -0.25) is 0 Å². The third-order valence-corrected chi connectivity index (χ3v) is 4.62. The highest BCUT2D eigenvalue weighted by atomic mass is 32.1. The Bertz CT molecular complexity index is 572. The Hall–Kier alpha value is -1.59. The van der Waals surface area contributed by atoms with Crippen LogP contribution in [0.1, 0.15) is 19.4 Å². The fraction of sp³-hybridized carbons (Fsp3) is 0.471. The molecule has 2 aliphatic rings. The predicted octanol–water partition coefficient (Wildman–Crippen LogP) is 2.26. The van der Waals surface area contributed by atoms with Crippen LogP contribution < -0.4 is 16.0 Å². The van der Waals surface area contributed by atoms with Crippen molar-refractivity contribution >= 4 is 28.6 Å². The highest BCUT2D eigenvalue weighted by molar-refractivity contribution is 7.80. The molecule has 2 atom stereocenters. The molecule has 118 valence electrons. The van der Waals surface area contributed by atoms with Crippen LogP contribution in [0.5, 0.6) is 0 Å². The average Bonchev–Trinajstić information content (AvgIpc) is 2.84. The van der Waals surface area contributed by atoms with Gasteiger partial charge in [-0.2, -0.15) is 0 Å². The molecule has 1 aromatic rings. The zero-order chi connectivity index (χ0) is 15.5. The largest absolute Gasteiger partial charge is 0.380 e. The van der Waals surface area contributed by atoms with Crippen LogP contribution in [0.15, 0.2) is 30.5 Å². The minimum atomic E-state index is 0.464. The average molecular weight is 316 g/mol. The molecule has 0 saturated carbocycles. The zero-order valence-corrected chi connectivity index (χ0v) is 14.0. The van der Waals surface area contributed by atoms with Gasteiger partial charge in [0.1, 0.15) is 0 Å². The molecule has 1 aromatic carbocycles. The minimum absolute atomic E-state index is 0.464. The monoisotopic (exact) mass is 316 g/mol. The van der Waals surface area contributed by atoms with Crippen molar-refractivity contribution in [2.45, 2.75) is 19.9 Å². The lowest BCUT2D eigenvalue weighted by atomic mass is 10.1. The van der Waals surface area contributed by atoms with Gasteiger partial charge < -0.3 is 20.9 Å². The molecule has 5 heteroatoms. The predicted molar refractivity (Wildman–Crippen MR) is 96.8 cm³/mol. The highest BCUT2D eigenvalue weighted by Crippen LogP contribution is 2.29. The SMILES string of the molecule is C[C@@H]1CN[C@H](C)CN(C(=S)N/C=C2/CNc3ccccc32)C1. The van der Waals surface area contributed by atoms with Gasteiger partial charge in [0.05, 0.1) is 0 Å². The number of hydrogen-bond donors (Lipinski definition) is 3. The van der Waals surface area contributed by atoms with Crippen LogP contribution in [0.25, 0.3) is 5.57 Å². The highest BCUT2D eigenvalue weighted by Gasteiger charge is 2.20. The standard InChI is InChI=1S/C17H24N4S/c1-12-7-18-13(2)11-21(10-12)17(22)20-9-14-8-19-16-6-4-3-5-15(14)16/h3-6,9,12-13,18-19H,7-8,10-11H2,1-2H3,(H,20,22)/b14-9-/t12-,13-/m1/s1. The van der Waals surface area contributed by atoms with Gasteiger partial charge in [0.15, 0.2) is 5.11 Å². The van der Waals surface area contributed by atoms with Crippen molar-refractivity contribution in [2.24, 2.45) is 5.92 Å². The molecule has 0 unspecified atom stereocenters. The lowest BCUT2D eigenvalue weighted by molar-refractivity contribution is 0.377. The smallest absolute Gasteiger partial charge is 0.173 e. The third-order valence-electron chi connectivity index (χ3n) is 4.24. The van der Waals surface area contributed by atoms with Gasteiger partial charge in [0.2, 0.25) is 0 Å². The van der Waals surface area contributed by atoms with E-state index in [2.05, 4.69) is 65.2 Å². The summed E-state index contributed by atoms with van der Waals surface area (Å²) in [6, 6.07) is 8.84. The number of nitrogens with zero attached hydrogens (tertiary/aromatic N) is 1. The molecular weight excluding hydrogens is 292 g/mol. The molecule has 0 spiro atoms. The molecule has 2 heterocycles. The van der Waals surface area contributed by atoms with Gasteiger partial charge in [-0.1, -0.05) is 25.1 Å². The maximum absolute atomic E-state index is 5.60. The number of anilines is 1. The van der Waals surface area contributed by atoms with E-state index >= 15 is 0 Å². The normalized spacial score (nSPS) is 26.3. The van der Waals surface area contributed by atoms with E-state index in [4.69, 9.17) is 12.2 Å². The van der Waals surface area contributed by atoms with Crippen LogP contribution in [0, 0.1) is 5.92 Å². The van der Waals surface area contributed by atoms with Gasteiger partial charge in [0.25, 0.3) is 0 Å². The summed E-state index contributed by atoms with van der Waals surface area (Å²) in [5.74, 6) is 0.603. The molecule has 4 nitrogen and oxygen atoms in total. The molecule has 1 fully saturated rings.